The van der Waals surface area contributed by atoms with Crippen molar-refractivity contribution in [1.82, 2.24) is 0 Å². The summed E-state index contributed by atoms with van der Waals surface area (Å²) < 4.78 is 55.4. The van der Waals surface area contributed by atoms with Crippen LogP contribution in [0.5, 0.6) is 5.75 Å². The van der Waals surface area contributed by atoms with Gasteiger partial charge in [0.2, 0.25) is 0 Å². The third-order valence-corrected chi connectivity index (χ3v) is 14.8. The van der Waals surface area contributed by atoms with E-state index < -0.39 is 43.1 Å². The predicted octanol–water partition coefficient (Wildman–Crippen LogP) is 3.86. The van der Waals surface area contributed by atoms with Crippen molar-refractivity contribution in [1.29, 1.82) is 0 Å². The summed E-state index contributed by atoms with van der Waals surface area (Å²) in [6.45, 7) is 0. The van der Waals surface area contributed by atoms with E-state index in [1.54, 1.807) is 24.3 Å². The van der Waals surface area contributed by atoms with Crippen LogP contribution < -0.4 is 44.8 Å². The first kappa shape index (κ1) is 38.8. The Morgan fingerprint density at radius 3 is 1.38 bits per heavy atom. The molecule has 262 valence electrons. The number of para-hydroxylation sites is 1. The topological polar surface area (TPSA) is 102 Å². The van der Waals surface area contributed by atoms with Crippen LogP contribution in [0.15, 0.2) is 175 Å². The summed E-state index contributed by atoms with van der Waals surface area (Å²) in [5, 5.41) is 4.90. The van der Waals surface area contributed by atoms with Gasteiger partial charge >= 0.3 is 24.8 Å². The molecule has 6 aromatic carbocycles. The Morgan fingerprint density at radius 1 is 0.566 bits per heavy atom. The summed E-state index contributed by atoms with van der Waals surface area (Å²) in [5.41, 5.74) is 0.141. The van der Waals surface area contributed by atoms with Crippen LogP contribution in [0, 0.1) is 0 Å². The zero-order chi connectivity index (χ0) is 35.9. The van der Waals surface area contributed by atoms with E-state index in [4.69, 9.17) is 14.2 Å². The number of rotatable bonds is 12. The zero-order valence-electron chi connectivity index (χ0n) is 29.0. The molecule has 0 aromatic heterocycles. The summed E-state index contributed by atoms with van der Waals surface area (Å²) in [4.78, 5) is 12.8. The van der Waals surface area contributed by atoms with Crippen LogP contribution in [0.1, 0.15) is 22.2 Å². The molecule has 0 unspecified atom stereocenters. The number of hydrogen-bond donors (Lipinski definition) is 0. The number of benzene rings is 6. The summed E-state index contributed by atoms with van der Waals surface area (Å²) in [7, 11) is -6.62. The molecule has 0 saturated carbocycles. The maximum absolute atomic E-state index is 13.4. The Balaban J connectivity index is 0.00000481. The SMILES string of the molecule is O=C(Oc1ccccc1C1O[C@@H](CP(c2ccccc2)c2ccccc2)[C@H](CP(c2ccccc2)c2ccccc2)O1)c1ccccc1S(=O)(=O)[O-].[Li+]. The molecule has 7 nitrogen and oxygen atoms in total. The van der Waals surface area contributed by atoms with E-state index in [1.807, 2.05) is 24.3 Å². The van der Waals surface area contributed by atoms with Crippen LogP contribution in [0.2, 0.25) is 0 Å². The first-order valence-corrected chi connectivity index (χ1v) is 21.2. The smallest absolute Gasteiger partial charge is 0.744 e. The van der Waals surface area contributed by atoms with Crippen molar-refractivity contribution in [3.8, 4) is 5.75 Å². The normalized spacial score (nSPS) is 16.0. The van der Waals surface area contributed by atoms with Gasteiger partial charge in [-0.25, -0.2) is 13.2 Å². The molecule has 2 atom stereocenters. The van der Waals surface area contributed by atoms with Crippen LogP contribution in [0.3, 0.4) is 0 Å². The van der Waals surface area contributed by atoms with Gasteiger partial charge in [0.15, 0.2) is 6.29 Å². The minimum Gasteiger partial charge on any atom is -0.744 e. The third-order valence-electron chi connectivity index (χ3n) is 8.76. The first-order chi connectivity index (χ1) is 25.3. The Kier molecular flexibility index (Phi) is 13.1. The van der Waals surface area contributed by atoms with Crippen molar-refractivity contribution in [2.75, 3.05) is 12.3 Å². The molecule has 6 aromatic rings. The summed E-state index contributed by atoms with van der Waals surface area (Å²) in [5.74, 6) is -0.821. The Labute approximate surface area is 324 Å². The van der Waals surface area contributed by atoms with Crippen molar-refractivity contribution in [3.05, 3.63) is 181 Å². The molecule has 1 aliphatic heterocycles. The number of esters is 1. The van der Waals surface area contributed by atoms with Gasteiger partial charge in [0.05, 0.1) is 28.2 Å². The van der Waals surface area contributed by atoms with Gasteiger partial charge in [0.25, 0.3) is 0 Å². The molecule has 0 N–H and O–H groups in total. The van der Waals surface area contributed by atoms with Crippen LogP contribution in [-0.2, 0) is 19.6 Å². The van der Waals surface area contributed by atoms with E-state index in [1.165, 1.54) is 39.4 Å². The number of hydrogen-bond acceptors (Lipinski definition) is 7. The van der Waals surface area contributed by atoms with Crippen molar-refractivity contribution in [2.24, 2.45) is 0 Å². The molecule has 0 aliphatic carbocycles. The van der Waals surface area contributed by atoms with Crippen molar-refractivity contribution in [3.63, 3.8) is 0 Å². The molecule has 0 bridgehead atoms. The van der Waals surface area contributed by atoms with Crippen molar-refractivity contribution in [2.45, 2.75) is 23.4 Å². The number of carbonyl (C=O) groups is 1. The first-order valence-electron chi connectivity index (χ1n) is 16.8. The number of ether oxygens (including phenoxy) is 3. The molecule has 1 saturated heterocycles. The zero-order valence-corrected chi connectivity index (χ0v) is 31.6. The summed E-state index contributed by atoms with van der Waals surface area (Å²) in [6, 6.07) is 54.0. The minimum atomic E-state index is -4.92. The summed E-state index contributed by atoms with van der Waals surface area (Å²) >= 11 is 0. The average Bonchev–Trinajstić information content (AvgIpc) is 3.59. The van der Waals surface area contributed by atoms with E-state index in [2.05, 4.69) is 97.1 Å². The molecule has 0 amide bonds. The molecule has 1 heterocycles. The molecule has 1 aliphatic rings. The Bertz CT molecular complexity index is 2040. The van der Waals surface area contributed by atoms with Gasteiger partial charge in [0.1, 0.15) is 15.9 Å². The molecule has 0 spiro atoms. The maximum atomic E-state index is 13.4. The van der Waals surface area contributed by atoms with Gasteiger partial charge in [0, 0.05) is 12.3 Å². The van der Waals surface area contributed by atoms with E-state index >= 15 is 0 Å². The van der Waals surface area contributed by atoms with Crippen LogP contribution in [-0.4, -0.2) is 43.5 Å². The molecule has 1 fully saturated rings. The average molecular weight is 753 g/mol. The Morgan fingerprint density at radius 2 is 0.943 bits per heavy atom. The fraction of sp³-hybridized carbons (Fsp3) is 0.119. The van der Waals surface area contributed by atoms with Gasteiger partial charge in [-0.1, -0.05) is 152 Å². The molecular weight excluding hydrogens is 717 g/mol. The summed E-state index contributed by atoms with van der Waals surface area (Å²) in [6.07, 6.45) is -0.167. The fourth-order valence-corrected chi connectivity index (χ4v) is 11.9. The van der Waals surface area contributed by atoms with Gasteiger partial charge in [-0.3, -0.25) is 0 Å². The second-order valence-corrected chi connectivity index (χ2v) is 18.0. The predicted molar refractivity (Wildman–Crippen MR) is 206 cm³/mol. The molecule has 0 radical (unpaired) electrons. The minimum absolute atomic E-state index is 0. The van der Waals surface area contributed by atoms with E-state index in [0.29, 0.717) is 17.9 Å². The van der Waals surface area contributed by atoms with Gasteiger partial charge < -0.3 is 18.8 Å². The second-order valence-electron chi connectivity index (χ2n) is 12.1. The quantitative estimate of drug-likeness (QED) is 0.0616. The van der Waals surface area contributed by atoms with Gasteiger partial charge in [-0.05, 0) is 55.3 Å². The van der Waals surface area contributed by atoms with Crippen LogP contribution in [0.25, 0.3) is 0 Å². The molecular formula is C42H35LiO7P2S. The van der Waals surface area contributed by atoms with Gasteiger partial charge in [-0.15, -0.1) is 0 Å². The fourth-order valence-electron chi connectivity index (χ4n) is 6.28. The monoisotopic (exact) mass is 752 g/mol. The molecule has 53 heavy (non-hydrogen) atoms. The van der Waals surface area contributed by atoms with Crippen LogP contribution in [0.4, 0.5) is 0 Å². The van der Waals surface area contributed by atoms with Crippen molar-refractivity contribution < 1.29 is 50.8 Å². The Hall–Kier alpha value is -3.92. The standard InChI is InChI=1S/C42H36O7P2S.Li/c43-41(36-26-14-16-28-40(36)52(44,45)46)47-37-27-15-13-25-35(37)42-48-38(29-50(31-17-5-1-6-18-31)32-19-7-2-8-20-32)39(49-42)30-51(33-21-9-3-10-22-33)34-23-11-4-12-24-34;/h1-28,38-39,42H,29-30H2,(H,44,45,46);/q;+1/p-1/t38-,39-;/m0./s1. The van der Waals surface area contributed by atoms with E-state index in [-0.39, 0.29) is 42.4 Å². The van der Waals surface area contributed by atoms with Crippen molar-refractivity contribution >= 4 is 53.1 Å². The largest absolute Gasteiger partial charge is 1.00 e. The number of carbonyl (C=O) groups excluding carboxylic acids is 1. The molecule has 11 heteroatoms. The maximum Gasteiger partial charge on any atom is 1.00 e. The molecule has 7 rings (SSSR count). The van der Waals surface area contributed by atoms with Crippen LogP contribution >= 0.6 is 15.8 Å². The second kappa shape index (κ2) is 17.9. The van der Waals surface area contributed by atoms with Gasteiger partial charge in [-0.2, -0.15) is 0 Å². The third kappa shape index (κ3) is 9.42. The van der Waals surface area contributed by atoms with E-state index in [0.717, 1.165) is 6.07 Å². The van der Waals surface area contributed by atoms with E-state index in [9.17, 15) is 17.8 Å².